The standard InChI is InChI=1S/C20H17NO8S/c22-15(13-6-7-16-17(10-13)28-9-3-8-27-16)12-29-19(23)11-21-20(24)14-4-1-2-5-18(14)30(21,25)26/h1-2,4-7,10H,3,8-9,11-12H2. The average Bonchev–Trinajstić information content (AvgIpc) is 2.91. The Labute approximate surface area is 172 Å². The molecule has 2 aromatic carbocycles. The van der Waals surface area contributed by atoms with Gasteiger partial charge in [0.25, 0.3) is 15.9 Å². The number of sulfonamides is 1. The van der Waals surface area contributed by atoms with Gasteiger partial charge in [-0.15, -0.1) is 0 Å². The van der Waals surface area contributed by atoms with Crippen LogP contribution in [0.15, 0.2) is 47.4 Å². The van der Waals surface area contributed by atoms with E-state index in [1.54, 1.807) is 6.07 Å². The van der Waals surface area contributed by atoms with E-state index in [-0.39, 0.29) is 16.0 Å². The Morgan fingerprint density at radius 1 is 1.03 bits per heavy atom. The van der Waals surface area contributed by atoms with Crippen LogP contribution in [0.5, 0.6) is 11.5 Å². The quantitative estimate of drug-likeness (QED) is 0.516. The van der Waals surface area contributed by atoms with E-state index in [1.807, 2.05) is 0 Å². The SMILES string of the molecule is O=C(CN1C(=O)c2ccccc2S1(=O)=O)OCC(=O)c1ccc2c(c1)OCCCO2. The van der Waals surface area contributed by atoms with Crippen molar-refractivity contribution in [2.24, 2.45) is 0 Å². The first-order valence-electron chi connectivity index (χ1n) is 9.12. The summed E-state index contributed by atoms with van der Waals surface area (Å²) in [6.45, 7) is -0.446. The monoisotopic (exact) mass is 431 g/mol. The van der Waals surface area contributed by atoms with Crippen LogP contribution in [-0.4, -0.2) is 56.7 Å². The fourth-order valence-electron chi connectivity index (χ4n) is 3.12. The van der Waals surface area contributed by atoms with Crippen LogP contribution in [0.4, 0.5) is 0 Å². The average molecular weight is 431 g/mol. The van der Waals surface area contributed by atoms with Crippen LogP contribution in [0.2, 0.25) is 0 Å². The second-order valence-corrected chi connectivity index (χ2v) is 8.44. The Morgan fingerprint density at radius 3 is 2.53 bits per heavy atom. The number of benzene rings is 2. The summed E-state index contributed by atoms with van der Waals surface area (Å²) in [7, 11) is -4.13. The molecule has 0 saturated heterocycles. The smallest absolute Gasteiger partial charge is 0.327 e. The Bertz CT molecular complexity index is 1140. The van der Waals surface area contributed by atoms with Crippen molar-refractivity contribution >= 4 is 27.7 Å². The van der Waals surface area contributed by atoms with E-state index in [0.717, 1.165) is 6.42 Å². The van der Waals surface area contributed by atoms with Gasteiger partial charge in [0.2, 0.25) is 0 Å². The summed E-state index contributed by atoms with van der Waals surface area (Å²) in [5.74, 6) is -1.37. The number of amides is 1. The van der Waals surface area contributed by atoms with Crippen LogP contribution in [0.3, 0.4) is 0 Å². The second kappa shape index (κ2) is 7.79. The summed E-state index contributed by atoms with van der Waals surface area (Å²) in [5.41, 5.74) is 0.248. The van der Waals surface area contributed by atoms with Crippen molar-refractivity contribution in [1.29, 1.82) is 0 Å². The summed E-state index contributed by atoms with van der Waals surface area (Å²) < 4.78 is 41.3. The van der Waals surface area contributed by atoms with Crippen LogP contribution < -0.4 is 9.47 Å². The third-order valence-corrected chi connectivity index (χ3v) is 6.41. The number of ketones is 1. The number of carbonyl (C=O) groups is 3. The fourth-order valence-corrected chi connectivity index (χ4v) is 4.63. The Morgan fingerprint density at radius 2 is 1.77 bits per heavy atom. The first-order chi connectivity index (χ1) is 14.4. The topological polar surface area (TPSA) is 116 Å². The number of ether oxygens (including phenoxy) is 3. The van der Waals surface area contributed by atoms with Crippen LogP contribution in [-0.2, 0) is 19.6 Å². The van der Waals surface area contributed by atoms with Crippen LogP contribution >= 0.6 is 0 Å². The molecule has 0 bridgehead atoms. The van der Waals surface area contributed by atoms with Crippen molar-refractivity contribution in [3.8, 4) is 11.5 Å². The summed E-state index contributed by atoms with van der Waals surface area (Å²) >= 11 is 0. The fraction of sp³-hybridized carbons (Fsp3) is 0.250. The molecular weight excluding hydrogens is 414 g/mol. The van der Waals surface area contributed by atoms with Gasteiger partial charge >= 0.3 is 5.97 Å². The van der Waals surface area contributed by atoms with Gasteiger partial charge in [-0.1, -0.05) is 12.1 Å². The zero-order valence-electron chi connectivity index (χ0n) is 15.7. The molecule has 0 radical (unpaired) electrons. The zero-order chi connectivity index (χ0) is 21.3. The normalized spacial score (nSPS) is 16.5. The summed E-state index contributed by atoms with van der Waals surface area (Å²) in [6, 6.07) is 10.3. The maximum atomic E-state index is 12.5. The molecule has 1 amide bonds. The number of fused-ring (bicyclic) bond motifs is 2. The molecule has 0 atom stereocenters. The van der Waals surface area contributed by atoms with Crippen molar-refractivity contribution < 1.29 is 37.0 Å². The van der Waals surface area contributed by atoms with Crippen LogP contribution in [0, 0.1) is 0 Å². The van der Waals surface area contributed by atoms with Crippen molar-refractivity contribution in [1.82, 2.24) is 4.31 Å². The molecule has 4 rings (SSSR count). The predicted molar refractivity (Wildman–Crippen MR) is 102 cm³/mol. The maximum absolute atomic E-state index is 12.5. The van der Waals surface area contributed by atoms with E-state index < -0.39 is 40.8 Å². The number of rotatable bonds is 5. The van der Waals surface area contributed by atoms with E-state index in [2.05, 4.69) is 0 Å². The van der Waals surface area contributed by atoms with Gasteiger partial charge in [-0.2, -0.15) is 0 Å². The molecule has 30 heavy (non-hydrogen) atoms. The lowest BCUT2D eigenvalue weighted by Crippen LogP contribution is -2.36. The highest BCUT2D eigenvalue weighted by Crippen LogP contribution is 2.31. The third-order valence-electron chi connectivity index (χ3n) is 4.62. The largest absolute Gasteiger partial charge is 0.490 e. The van der Waals surface area contributed by atoms with E-state index in [4.69, 9.17) is 14.2 Å². The molecular formula is C20H17NO8S. The van der Waals surface area contributed by atoms with Crippen molar-refractivity contribution in [2.75, 3.05) is 26.4 Å². The van der Waals surface area contributed by atoms with E-state index in [9.17, 15) is 22.8 Å². The van der Waals surface area contributed by atoms with E-state index in [1.165, 1.54) is 36.4 Å². The third kappa shape index (κ3) is 3.61. The number of nitrogens with zero attached hydrogens (tertiary/aromatic N) is 1. The van der Waals surface area contributed by atoms with Gasteiger partial charge in [-0.25, -0.2) is 12.7 Å². The van der Waals surface area contributed by atoms with E-state index >= 15 is 0 Å². The molecule has 0 aliphatic carbocycles. The molecule has 0 unspecified atom stereocenters. The number of hydrogen-bond donors (Lipinski definition) is 0. The maximum Gasteiger partial charge on any atom is 0.327 e. The molecule has 2 aliphatic heterocycles. The lowest BCUT2D eigenvalue weighted by molar-refractivity contribution is -0.142. The lowest BCUT2D eigenvalue weighted by Gasteiger charge is -2.14. The van der Waals surface area contributed by atoms with Crippen molar-refractivity contribution in [3.63, 3.8) is 0 Å². The number of hydrogen-bond acceptors (Lipinski definition) is 8. The van der Waals surface area contributed by atoms with Gasteiger partial charge in [0.15, 0.2) is 23.9 Å². The lowest BCUT2D eigenvalue weighted by atomic mass is 10.1. The molecule has 156 valence electrons. The van der Waals surface area contributed by atoms with Gasteiger partial charge in [-0.3, -0.25) is 14.4 Å². The molecule has 2 heterocycles. The molecule has 0 fully saturated rings. The number of esters is 1. The minimum atomic E-state index is -4.13. The molecule has 0 saturated carbocycles. The molecule has 10 heteroatoms. The highest BCUT2D eigenvalue weighted by molar-refractivity contribution is 7.90. The predicted octanol–water partition coefficient (Wildman–Crippen LogP) is 1.42. The molecule has 2 aromatic rings. The Kier molecular flexibility index (Phi) is 5.17. The first kappa shape index (κ1) is 19.9. The van der Waals surface area contributed by atoms with E-state index in [0.29, 0.717) is 29.0 Å². The highest BCUT2D eigenvalue weighted by atomic mass is 32.2. The van der Waals surface area contributed by atoms with Crippen molar-refractivity contribution in [3.05, 3.63) is 53.6 Å². The Hall–Kier alpha value is -3.40. The summed E-state index contributed by atoms with van der Waals surface area (Å²) in [5, 5.41) is 0. The van der Waals surface area contributed by atoms with Gasteiger partial charge in [0.05, 0.1) is 18.8 Å². The van der Waals surface area contributed by atoms with Gasteiger partial charge < -0.3 is 14.2 Å². The number of carbonyl (C=O) groups excluding carboxylic acids is 3. The highest BCUT2D eigenvalue weighted by Gasteiger charge is 2.42. The second-order valence-electron chi connectivity index (χ2n) is 6.61. The summed E-state index contributed by atoms with van der Waals surface area (Å²) in [6.07, 6.45) is 0.720. The number of Topliss-reactive ketones (excluding diaryl/α,β-unsaturated/α-hetero) is 1. The van der Waals surface area contributed by atoms with Gasteiger partial charge in [0, 0.05) is 12.0 Å². The summed E-state index contributed by atoms with van der Waals surface area (Å²) in [4.78, 5) is 36.6. The Balaban J connectivity index is 1.39. The van der Waals surface area contributed by atoms with Crippen LogP contribution in [0.25, 0.3) is 0 Å². The van der Waals surface area contributed by atoms with Gasteiger partial charge in [-0.05, 0) is 30.3 Å². The molecule has 0 N–H and O–H groups in total. The molecule has 0 spiro atoms. The van der Waals surface area contributed by atoms with Crippen LogP contribution in [0.1, 0.15) is 27.1 Å². The first-order valence-corrected chi connectivity index (χ1v) is 10.6. The molecule has 2 aliphatic rings. The molecule has 9 nitrogen and oxygen atoms in total. The minimum absolute atomic E-state index is 0.00595. The molecule has 0 aromatic heterocycles. The zero-order valence-corrected chi connectivity index (χ0v) is 16.5. The minimum Gasteiger partial charge on any atom is -0.490 e. The van der Waals surface area contributed by atoms with Crippen molar-refractivity contribution in [2.45, 2.75) is 11.3 Å². The van der Waals surface area contributed by atoms with Gasteiger partial charge in [0.1, 0.15) is 11.4 Å².